The summed E-state index contributed by atoms with van der Waals surface area (Å²) in [6, 6.07) is 10.3. The fourth-order valence-electron chi connectivity index (χ4n) is 5.31. The first kappa shape index (κ1) is 30.8. The van der Waals surface area contributed by atoms with Gasteiger partial charge in [-0.2, -0.15) is 0 Å². The van der Waals surface area contributed by atoms with E-state index in [2.05, 4.69) is 43.3 Å². The summed E-state index contributed by atoms with van der Waals surface area (Å²) in [6.45, 7) is 12.2. The Bertz CT molecular complexity index is 1250. The molecule has 0 fully saturated rings. The number of amides is 1. The lowest BCUT2D eigenvalue weighted by Gasteiger charge is -2.37. The summed E-state index contributed by atoms with van der Waals surface area (Å²) in [5.41, 5.74) is 2.48. The number of thiazole rings is 1. The van der Waals surface area contributed by atoms with Gasteiger partial charge in [0.1, 0.15) is 17.1 Å². The van der Waals surface area contributed by atoms with Gasteiger partial charge in [0, 0.05) is 25.6 Å². The van der Waals surface area contributed by atoms with Crippen LogP contribution in [0.3, 0.4) is 0 Å². The summed E-state index contributed by atoms with van der Waals surface area (Å²) in [5, 5.41) is 16.8. The van der Waals surface area contributed by atoms with Crippen molar-refractivity contribution < 1.29 is 14.3 Å². The van der Waals surface area contributed by atoms with E-state index in [1.54, 1.807) is 18.2 Å². The highest BCUT2D eigenvalue weighted by Gasteiger charge is 2.28. The lowest BCUT2D eigenvalue weighted by molar-refractivity contribution is -0.135. The van der Waals surface area contributed by atoms with Crippen LogP contribution in [0.1, 0.15) is 51.7 Å². The Kier molecular flexibility index (Phi) is 12.0. The largest absolute Gasteiger partial charge is 0.506 e. The number of aromatic amines is 1. The van der Waals surface area contributed by atoms with E-state index in [-0.39, 0.29) is 28.4 Å². The molecule has 0 radical (unpaired) electrons. The number of hydrogen-bond donors (Lipinski definition) is 4. The third-order valence-electron chi connectivity index (χ3n) is 7.01. The highest BCUT2D eigenvalue weighted by atomic mass is 32.1. The van der Waals surface area contributed by atoms with Gasteiger partial charge in [-0.15, -0.1) is 0 Å². The van der Waals surface area contributed by atoms with Gasteiger partial charge in [0.2, 0.25) is 5.91 Å². The number of aromatic nitrogens is 1. The van der Waals surface area contributed by atoms with Gasteiger partial charge in [-0.1, -0.05) is 57.2 Å². The molecule has 39 heavy (non-hydrogen) atoms. The maximum atomic E-state index is 13.3. The summed E-state index contributed by atoms with van der Waals surface area (Å²) in [7, 11) is 0. The first-order chi connectivity index (χ1) is 18.7. The number of nitrogens with zero attached hydrogens (tertiary/aromatic N) is 1. The number of carbonyl (C=O) groups is 1. The molecule has 7 nitrogen and oxygen atoms in total. The molecule has 0 aliphatic rings. The fraction of sp³-hybridized carbons (Fsp3) is 0.533. The zero-order valence-corrected chi connectivity index (χ0v) is 24.4. The second kappa shape index (κ2) is 15.1. The first-order valence-electron chi connectivity index (χ1n) is 14.0. The Morgan fingerprint density at radius 1 is 1.03 bits per heavy atom. The van der Waals surface area contributed by atoms with Crippen LogP contribution in [0.5, 0.6) is 5.75 Å². The predicted molar refractivity (Wildman–Crippen MR) is 158 cm³/mol. The van der Waals surface area contributed by atoms with Crippen molar-refractivity contribution in [3.63, 3.8) is 0 Å². The van der Waals surface area contributed by atoms with Crippen molar-refractivity contribution in [3.8, 4) is 5.75 Å². The molecule has 0 aliphatic carbocycles. The van der Waals surface area contributed by atoms with Crippen LogP contribution in [0.15, 0.2) is 41.2 Å². The number of carbonyl (C=O) groups excluding carboxylic acids is 1. The number of benzene rings is 2. The number of rotatable bonds is 16. The lowest BCUT2D eigenvalue weighted by atomic mass is 9.91. The second-order valence-electron chi connectivity index (χ2n) is 10.8. The number of phenolic OH excluding ortho intramolecular Hbond substituents is 1. The highest BCUT2D eigenvalue weighted by Crippen LogP contribution is 2.28. The number of halogens is 1. The molecule has 9 heteroatoms. The minimum Gasteiger partial charge on any atom is -0.506 e. The van der Waals surface area contributed by atoms with E-state index in [1.165, 1.54) is 6.07 Å². The van der Waals surface area contributed by atoms with E-state index in [4.69, 9.17) is 0 Å². The zero-order valence-electron chi connectivity index (χ0n) is 23.6. The summed E-state index contributed by atoms with van der Waals surface area (Å²) in [4.78, 5) is 29.7. The number of hydrogen-bond acceptors (Lipinski definition) is 6. The minimum absolute atomic E-state index is 0.0874. The smallest absolute Gasteiger partial charge is 0.305 e. The second-order valence-corrected chi connectivity index (χ2v) is 11.7. The number of nitrogens with one attached hydrogen (secondary N) is 3. The molecule has 1 heterocycles. The summed E-state index contributed by atoms with van der Waals surface area (Å²) in [6.07, 6.45) is 2.72. The van der Waals surface area contributed by atoms with Crippen molar-refractivity contribution in [1.82, 2.24) is 20.5 Å². The Morgan fingerprint density at radius 2 is 1.74 bits per heavy atom. The number of H-pyrrole nitrogens is 1. The number of fused-ring (bicyclic) bond motifs is 1. The van der Waals surface area contributed by atoms with Gasteiger partial charge in [0.15, 0.2) is 0 Å². The molecule has 1 amide bonds. The average Bonchev–Trinajstić information content (AvgIpc) is 3.28. The molecule has 214 valence electrons. The van der Waals surface area contributed by atoms with Crippen molar-refractivity contribution in [1.29, 1.82) is 0 Å². The van der Waals surface area contributed by atoms with Gasteiger partial charge in [0.25, 0.3) is 0 Å². The zero-order chi connectivity index (χ0) is 28.4. The van der Waals surface area contributed by atoms with E-state index in [1.807, 2.05) is 17.0 Å². The van der Waals surface area contributed by atoms with Gasteiger partial charge in [-0.3, -0.25) is 9.59 Å². The topological polar surface area (TPSA) is 97.5 Å². The molecule has 3 rings (SSSR count). The van der Waals surface area contributed by atoms with E-state index in [0.29, 0.717) is 43.4 Å². The quantitative estimate of drug-likeness (QED) is 0.191. The van der Waals surface area contributed by atoms with Gasteiger partial charge in [-0.25, -0.2) is 4.39 Å². The van der Waals surface area contributed by atoms with Crippen LogP contribution in [0.2, 0.25) is 0 Å². The molecule has 0 saturated heterocycles. The maximum Gasteiger partial charge on any atom is 0.305 e. The molecule has 2 aromatic carbocycles. The van der Waals surface area contributed by atoms with Crippen LogP contribution in [0.4, 0.5) is 4.39 Å². The van der Waals surface area contributed by atoms with E-state index in [9.17, 15) is 19.1 Å². The molecule has 1 aromatic heterocycles. The molecular formula is C30H43FN4O3S. The molecule has 0 atom stereocenters. The Labute approximate surface area is 234 Å². The van der Waals surface area contributed by atoms with Gasteiger partial charge >= 0.3 is 4.87 Å². The van der Waals surface area contributed by atoms with Crippen LogP contribution in [-0.4, -0.2) is 59.7 Å². The Balaban J connectivity index is 1.46. The molecule has 0 unspecified atom stereocenters. The average molecular weight is 559 g/mol. The normalized spacial score (nSPS) is 11.8. The molecular weight excluding hydrogens is 515 g/mol. The molecule has 3 aromatic rings. The van der Waals surface area contributed by atoms with Crippen LogP contribution < -0.4 is 15.5 Å². The Morgan fingerprint density at radius 3 is 2.46 bits per heavy atom. The number of phenols is 1. The summed E-state index contributed by atoms with van der Waals surface area (Å²) in [5.74, 6) is 0.743. The Hall–Kier alpha value is -2.75. The summed E-state index contributed by atoms with van der Waals surface area (Å²) >= 11 is 1.12. The minimum atomic E-state index is -0.214. The maximum absolute atomic E-state index is 13.3. The van der Waals surface area contributed by atoms with E-state index in [0.717, 1.165) is 59.5 Å². The van der Waals surface area contributed by atoms with E-state index < -0.39 is 0 Å². The summed E-state index contributed by atoms with van der Waals surface area (Å²) < 4.78 is 14.1. The van der Waals surface area contributed by atoms with Gasteiger partial charge < -0.3 is 25.6 Å². The van der Waals surface area contributed by atoms with Crippen molar-refractivity contribution in [2.45, 2.75) is 59.4 Å². The SMILES string of the molecule is CC(C)C(C(C)C)N(CCNCCc1ccc(O)c2[nH]c(=O)sc12)C(=O)CCCNCCc1cccc(F)c1. The monoisotopic (exact) mass is 558 g/mol. The van der Waals surface area contributed by atoms with Crippen LogP contribution >= 0.6 is 11.3 Å². The molecule has 0 saturated carbocycles. The third kappa shape index (κ3) is 9.15. The van der Waals surface area contributed by atoms with Crippen LogP contribution in [0, 0.1) is 17.7 Å². The van der Waals surface area contributed by atoms with Crippen molar-refractivity contribution >= 4 is 27.5 Å². The molecule has 0 spiro atoms. The van der Waals surface area contributed by atoms with Gasteiger partial charge in [-0.05, 0) is 80.1 Å². The standard InChI is InChI=1S/C30H43FN4O3S/c1-20(2)28(21(3)4)35(26(37)9-6-14-32-15-12-22-7-5-8-24(31)19-22)18-17-33-16-13-23-10-11-25(36)27-29(23)39-30(38)34-27/h5,7-8,10-11,19-21,28,32-33,36H,6,9,12-18H2,1-4H3,(H,34,38). The third-order valence-corrected chi connectivity index (χ3v) is 7.97. The van der Waals surface area contributed by atoms with Crippen LogP contribution in [-0.2, 0) is 17.6 Å². The lowest BCUT2D eigenvalue weighted by Crippen LogP contribution is -2.49. The highest BCUT2D eigenvalue weighted by molar-refractivity contribution is 7.16. The van der Waals surface area contributed by atoms with Crippen LogP contribution in [0.25, 0.3) is 10.2 Å². The van der Waals surface area contributed by atoms with E-state index >= 15 is 0 Å². The number of aromatic hydroxyl groups is 1. The molecule has 0 aliphatic heterocycles. The van der Waals surface area contributed by atoms with Crippen molar-refractivity contribution in [2.75, 3.05) is 32.7 Å². The van der Waals surface area contributed by atoms with Crippen molar-refractivity contribution in [3.05, 3.63) is 63.0 Å². The van der Waals surface area contributed by atoms with Crippen molar-refractivity contribution in [2.24, 2.45) is 11.8 Å². The molecule has 4 N–H and O–H groups in total. The molecule has 0 bridgehead atoms. The fourth-order valence-corrected chi connectivity index (χ4v) is 6.20. The van der Waals surface area contributed by atoms with Gasteiger partial charge in [0.05, 0.1) is 4.70 Å². The first-order valence-corrected chi connectivity index (χ1v) is 14.8. The predicted octanol–water partition coefficient (Wildman–Crippen LogP) is 4.69.